The van der Waals surface area contributed by atoms with Crippen molar-refractivity contribution in [3.63, 3.8) is 0 Å². The Balaban J connectivity index is 3.30. The van der Waals surface area contributed by atoms with Crippen LogP contribution in [0.15, 0.2) is 12.0 Å². The van der Waals surface area contributed by atoms with Crippen molar-refractivity contribution >= 4 is 19.0 Å². The zero-order chi connectivity index (χ0) is 4.99. The second-order valence-electron chi connectivity index (χ2n) is 0.690. The summed E-state index contributed by atoms with van der Waals surface area (Å²) in [5.41, 5.74) is 0. The third kappa shape index (κ3) is 2.26. The lowest BCUT2D eigenvalue weighted by atomic mass is 11.3. The molecule has 0 rings (SSSR count). The van der Waals surface area contributed by atoms with E-state index in [2.05, 4.69) is 15.0 Å². The third-order valence-electron chi connectivity index (χ3n) is 0.312. The molecule has 0 heterocycles. The van der Waals surface area contributed by atoms with Crippen LogP contribution in [0.2, 0.25) is 0 Å². The number of nitrogens with zero attached hydrogens (tertiary/aromatic N) is 1. The fraction of sp³-hybridized carbons (Fsp3) is 0. The predicted molar refractivity (Wildman–Crippen MR) is 34.5 cm³/mol. The predicted octanol–water partition coefficient (Wildman–Crippen LogP) is 1.40. The van der Waals surface area contributed by atoms with Crippen molar-refractivity contribution in [2.24, 2.45) is 0 Å². The molecule has 0 N–H and O–H groups in total. The molecular formula is C3H6NPS. The van der Waals surface area contributed by atoms with Crippen molar-refractivity contribution in [2.45, 2.75) is 0 Å². The highest BCUT2D eigenvalue weighted by Gasteiger charge is 1.76. The maximum Gasteiger partial charge on any atom is 0.117 e. The first-order valence-electron chi connectivity index (χ1n) is 1.37. The van der Waals surface area contributed by atoms with Crippen molar-refractivity contribution in [2.75, 3.05) is 0 Å². The van der Waals surface area contributed by atoms with Crippen LogP contribution in [0.3, 0.4) is 0 Å². The zero-order valence-corrected chi connectivity index (χ0v) is 5.31. The minimum Gasteiger partial charge on any atom is -0.186 e. The molecule has 0 aliphatic heterocycles. The molecule has 3 heteroatoms. The molecule has 0 spiro atoms. The molecule has 0 fully saturated rings. The smallest absolute Gasteiger partial charge is 0.117 e. The van der Waals surface area contributed by atoms with E-state index in [9.17, 15) is 0 Å². The van der Waals surface area contributed by atoms with Crippen LogP contribution >= 0.6 is 19.0 Å². The Hall–Kier alpha value is 0.0100. The van der Waals surface area contributed by atoms with Crippen molar-refractivity contribution in [1.82, 2.24) is 0 Å². The molecule has 0 radical (unpaired) electrons. The van der Waals surface area contributed by atoms with Gasteiger partial charge in [0.25, 0.3) is 0 Å². The summed E-state index contributed by atoms with van der Waals surface area (Å²) in [4.78, 5) is 0. The Morgan fingerprint density at radius 2 is 2.50 bits per heavy atom. The van der Waals surface area contributed by atoms with Crippen molar-refractivity contribution < 1.29 is 0 Å². The molecule has 2 unspecified atom stereocenters. The van der Waals surface area contributed by atoms with Crippen LogP contribution in [0, 0.1) is 10.7 Å². The normalized spacial score (nSPS) is 15.0. The van der Waals surface area contributed by atoms with Gasteiger partial charge in [-0.1, -0.05) is 15.0 Å². The van der Waals surface area contributed by atoms with Gasteiger partial charge in [0.15, 0.2) is 0 Å². The molecule has 34 valence electrons. The highest BCUT2D eigenvalue weighted by atomic mass is 32.7. The Kier molecular flexibility index (Phi) is 3.21. The van der Waals surface area contributed by atoms with Gasteiger partial charge in [-0.2, -0.15) is 5.26 Å². The van der Waals surface area contributed by atoms with E-state index in [0.717, 1.165) is 0 Å². The van der Waals surface area contributed by atoms with Gasteiger partial charge in [-0.25, -0.2) is 0 Å². The number of thiol groups is 1. The highest BCUT2D eigenvalue weighted by Crippen LogP contribution is 2.32. The number of thiocyanates is 1. The first kappa shape index (κ1) is 6.01. The second-order valence-corrected chi connectivity index (χ2v) is 3.74. The SMILES string of the molecule is C=C[SH](P)C#N. The first-order valence-corrected chi connectivity index (χ1v) is 4.40. The maximum absolute atomic E-state index is 8.02. The minimum atomic E-state index is -0.590. The third-order valence-corrected chi connectivity index (χ3v) is 1.92. The number of hydrogen-bond acceptors (Lipinski definition) is 1. The summed E-state index contributed by atoms with van der Waals surface area (Å²) in [6.07, 6.45) is 0. The van der Waals surface area contributed by atoms with Crippen molar-refractivity contribution in [1.29, 1.82) is 5.26 Å². The molecule has 0 saturated carbocycles. The molecule has 1 nitrogen and oxygen atoms in total. The average molecular weight is 119 g/mol. The molecule has 0 amide bonds. The molecule has 0 bridgehead atoms. The Morgan fingerprint density at radius 1 is 2.00 bits per heavy atom. The van der Waals surface area contributed by atoms with E-state index in [1.165, 1.54) is 0 Å². The van der Waals surface area contributed by atoms with Crippen LogP contribution in [-0.4, -0.2) is 0 Å². The van der Waals surface area contributed by atoms with Crippen LogP contribution in [0.5, 0.6) is 0 Å². The summed E-state index contributed by atoms with van der Waals surface area (Å²) < 4.78 is 0. The maximum atomic E-state index is 8.02. The second kappa shape index (κ2) is 3.21. The summed E-state index contributed by atoms with van der Waals surface area (Å²) in [5.74, 6) is 0. The van der Waals surface area contributed by atoms with Gasteiger partial charge in [0, 0.05) is 0 Å². The summed E-state index contributed by atoms with van der Waals surface area (Å²) >= 11 is 0. The van der Waals surface area contributed by atoms with Crippen LogP contribution < -0.4 is 0 Å². The summed E-state index contributed by atoms with van der Waals surface area (Å²) in [7, 11) is 1.81. The van der Waals surface area contributed by atoms with Crippen LogP contribution in [0.4, 0.5) is 0 Å². The molecule has 0 saturated heterocycles. The molecule has 0 aromatic rings. The number of hydrogen-bond donors (Lipinski definition) is 1. The monoisotopic (exact) mass is 119 g/mol. The van der Waals surface area contributed by atoms with Crippen molar-refractivity contribution in [3.8, 4) is 5.40 Å². The Bertz CT molecular complexity index is 85.3. The van der Waals surface area contributed by atoms with Gasteiger partial charge in [0.2, 0.25) is 0 Å². The summed E-state index contributed by atoms with van der Waals surface area (Å²) in [6.45, 7) is 3.42. The fourth-order valence-electron chi connectivity index (χ4n) is 0.0408. The largest absolute Gasteiger partial charge is 0.186 e. The van der Waals surface area contributed by atoms with Gasteiger partial charge >= 0.3 is 0 Å². The van der Waals surface area contributed by atoms with E-state index in [-0.39, 0.29) is 0 Å². The zero-order valence-electron chi connectivity index (χ0n) is 3.26. The molecule has 2 atom stereocenters. The van der Waals surface area contributed by atoms with E-state index in [0.29, 0.717) is 0 Å². The lowest BCUT2D eigenvalue weighted by Gasteiger charge is -1.88. The molecule has 6 heavy (non-hydrogen) atoms. The minimum absolute atomic E-state index is 0.590. The van der Waals surface area contributed by atoms with Gasteiger partial charge in [0.05, 0.1) is 0 Å². The molecule has 0 aromatic carbocycles. The van der Waals surface area contributed by atoms with Gasteiger partial charge < -0.3 is 0 Å². The van der Waals surface area contributed by atoms with Crippen LogP contribution in [0.25, 0.3) is 0 Å². The first-order chi connectivity index (χ1) is 2.81. The molecule has 0 aliphatic rings. The molecule has 0 aromatic heterocycles. The van der Waals surface area contributed by atoms with E-state index in [1.807, 2.05) is 5.40 Å². The standard InChI is InChI=1S/C3H6NPS/c1-2-6(5)3-4/h2,6H,1,5H2. The average Bonchev–Trinajstić information content (AvgIpc) is 1.65. The van der Waals surface area contributed by atoms with E-state index < -0.39 is 10.5 Å². The number of nitriles is 1. The topological polar surface area (TPSA) is 23.8 Å². The van der Waals surface area contributed by atoms with Gasteiger partial charge in [-0.15, -0.1) is 10.5 Å². The molecular weight excluding hydrogens is 113 g/mol. The fourth-order valence-corrected chi connectivity index (χ4v) is 0.122. The van der Waals surface area contributed by atoms with Crippen LogP contribution in [-0.2, 0) is 0 Å². The van der Waals surface area contributed by atoms with Gasteiger partial charge in [0.1, 0.15) is 5.40 Å². The lowest BCUT2D eigenvalue weighted by molar-refractivity contribution is 1.57. The number of rotatable bonds is 1. The Labute approximate surface area is 42.3 Å². The van der Waals surface area contributed by atoms with E-state index >= 15 is 0 Å². The van der Waals surface area contributed by atoms with Crippen LogP contribution in [0.1, 0.15) is 0 Å². The highest BCUT2D eigenvalue weighted by molar-refractivity contribution is 8.60. The Morgan fingerprint density at radius 3 is 2.50 bits per heavy atom. The van der Waals surface area contributed by atoms with Gasteiger partial charge in [-0.3, -0.25) is 0 Å². The van der Waals surface area contributed by atoms with E-state index in [4.69, 9.17) is 5.26 Å². The van der Waals surface area contributed by atoms with Gasteiger partial charge in [-0.05, 0) is 5.41 Å². The quantitative estimate of drug-likeness (QED) is 0.315. The lowest BCUT2D eigenvalue weighted by Crippen LogP contribution is -1.42. The molecule has 0 aliphatic carbocycles. The van der Waals surface area contributed by atoms with Crippen molar-refractivity contribution in [3.05, 3.63) is 12.0 Å². The van der Waals surface area contributed by atoms with E-state index in [1.54, 1.807) is 5.41 Å². The summed E-state index contributed by atoms with van der Waals surface area (Å²) in [5, 5.41) is 11.7. The summed E-state index contributed by atoms with van der Waals surface area (Å²) in [6, 6.07) is 0.